The highest BCUT2D eigenvalue weighted by Gasteiger charge is 2.25. The van der Waals surface area contributed by atoms with E-state index in [0.717, 1.165) is 29.5 Å². The Morgan fingerprint density at radius 2 is 2.26 bits per heavy atom. The van der Waals surface area contributed by atoms with Gasteiger partial charge in [-0.2, -0.15) is 0 Å². The van der Waals surface area contributed by atoms with Gasteiger partial charge in [0.2, 0.25) is 0 Å². The average molecular weight is 258 g/mol. The fourth-order valence-corrected chi connectivity index (χ4v) is 3.03. The third-order valence-corrected chi connectivity index (χ3v) is 4.18. The van der Waals surface area contributed by atoms with Gasteiger partial charge in [0.1, 0.15) is 11.3 Å². The second kappa shape index (κ2) is 4.93. The van der Waals surface area contributed by atoms with Crippen molar-refractivity contribution in [3.8, 4) is 0 Å². The molecule has 0 N–H and O–H groups in total. The summed E-state index contributed by atoms with van der Waals surface area (Å²) in [5.41, 5.74) is 2.04. The zero-order valence-electron chi connectivity index (χ0n) is 12.0. The van der Waals surface area contributed by atoms with E-state index in [4.69, 9.17) is 0 Å². The molecular weight excluding hydrogens is 236 g/mol. The number of hydrogen-bond donors (Lipinski definition) is 0. The maximum atomic E-state index is 4.60. The lowest BCUT2D eigenvalue weighted by atomic mass is 10.1. The molecule has 0 saturated carbocycles. The number of nitrogens with zero attached hydrogens (tertiary/aromatic N) is 4. The summed E-state index contributed by atoms with van der Waals surface area (Å²) < 4.78 is 2.28. The highest BCUT2D eigenvalue weighted by molar-refractivity contribution is 5.71. The van der Waals surface area contributed by atoms with Crippen molar-refractivity contribution >= 4 is 11.2 Å². The van der Waals surface area contributed by atoms with Crippen molar-refractivity contribution in [3.63, 3.8) is 0 Å². The molecule has 0 spiro atoms. The molecule has 1 aliphatic rings. The number of hydrogen-bond acceptors (Lipinski definition) is 3. The Morgan fingerprint density at radius 3 is 3.00 bits per heavy atom. The summed E-state index contributed by atoms with van der Waals surface area (Å²) in [5.74, 6) is 1.80. The van der Waals surface area contributed by atoms with Gasteiger partial charge in [0.15, 0.2) is 5.65 Å². The van der Waals surface area contributed by atoms with Crippen molar-refractivity contribution in [2.45, 2.75) is 39.8 Å². The van der Waals surface area contributed by atoms with Crippen LogP contribution in [0.15, 0.2) is 18.3 Å². The lowest BCUT2D eigenvalue weighted by Gasteiger charge is -2.20. The molecule has 0 radical (unpaired) electrons. The van der Waals surface area contributed by atoms with Crippen LogP contribution in [0.1, 0.15) is 26.1 Å². The van der Waals surface area contributed by atoms with Gasteiger partial charge in [-0.25, -0.2) is 9.97 Å². The molecule has 0 aliphatic carbocycles. The fraction of sp³-hybridized carbons (Fsp3) is 0.600. The van der Waals surface area contributed by atoms with E-state index in [0.29, 0.717) is 6.04 Å². The molecule has 0 bridgehead atoms. The molecule has 1 unspecified atom stereocenters. The van der Waals surface area contributed by atoms with Crippen molar-refractivity contribution in [1.29, 1.82) is 0 Å². The van der Waals surface area contributed by atoms with Gasteiger partial charge < -0.3 is 9.47 Å². The predicted molar refractivity (Wildman–Crippen MR) is 77.1 cm³/mol. The summed E-state index contributed by atoms with van der Waals surface area (Å²) >= 11 is 0. The molecule has 4 heteroatoms. The van der Waals surface area contributed by atoms with E-state index in [1.165, 1.54) is 19.5 Å². The largest absolute Gasteiger partial charge is 0.313 e. The second-order valence-electron chi connectivity index (χ2n) is 5.86. The zero-order chi connectivity index (χ0) is 13.4. The molecule has 3 rings (SSSR count). The summed E-state index contributed by atoms with van der Waals surface area (Å²) in [4.78, 5) is 11.6. The Kier molecular flexibility index (Phi) is 3.27. The SMILES string of the molecule is Cc1nc2cccnc2n1CC1CCN(C(C)C)C1. The van der Waals surface area contributed by atoms with Crippen molar-refractivity contribution < 1.29 is 0 Å². The van der Waals surface area contributed by atoms with Crippen LogP contribution in [0.2, 0.25) is 0 Å². The zero-order valence-corrected chi connectivity index (χ0v) is 12.0. The molecule has 2 aromatic heterocycles. The quantitative estimate of drug-likeness (QED) is 0.848. The van der Waals surface area contributed by atoms with Crippen LogP contribution in [-0.4, -0.2) is 38.6 Å². The normalized spacial score (nSPS) is 20.7. The minimum atomic E-state index is 0.656. The van der Waals surface area contributed by atoms with Crippen LogP contribution >= 0.6 is 0 Å². The Hall–Kier alpha value is -1.42. The number of aryl methyl sites for hydroxylation is 1. The number of likely N-dealkylation sites (tertiary alicyclic amines) is 1. The van der Waals surface area contributed by atoms with E-state index in [9.17, 15) is 0 Å². The van der Waals surface area contributed by atoms with Gasteiger partial charge in [0.25, 0.3) is 0 Å². The third kappa shape index (κ3) is 2.37. The Balaban J connectivity index is 1.81. The van der Waals surface area contributed by atoms with E-state index >= 15 is 0 Å². The third-order valence-electron chi connectivity index (χ3n) is 4.18. The van der Waals surface area contributed by atoms with Crippen molar-refractivity contribution in [2.24, 2.45) is 5.92 Å². The van der Waals surface area contributed by atoms with E-state index in [2.05, 4.69) is 40.2 Å². The first kappa shape index (κ1) is 12.6. The Labute approximate surface area is 114 Å². The van der Waals surface area contributed by atoms with Crippen molar-refractivity contribution in [1.82, 2.24) is 19.4 Å². The van der Waals surface area contributed by atoms with Crippen LogP contribution in [0.3, 0.4) is 0 Å². The van der Waals surface area contributed by atoms with E-state index in [1.807, 2.05) is 18.3 Å². The maximum Gasteiger partial charge on any atom is 0.159 e. The van der Waals surface area contributed by atoms with Gasteiger partial charge in [0.05, 0.1) is 0 Å². The highest BCUT2D eigenvalue weighted by Crippen LogP contribution is 2.22. The van der Waals surface area contributed by atoms with Crippen LogP contribution < -0.4 is 0 Å². The van der Waals surface area contributed by atoms with Crippen LogP contribution in [0, 0.1) is 12.8 Å². The Bertz CT molecular complexity index is 573. The molecule has 1 aliphatic heterocycles. The van der Waals surface area contributed by atoms with Crippen molar-refractivity contribution in [3.05, 3.63) is 24.2 Å². The molecule has 4 nitrogen and oxygen atoms in total. The van der Waals surface area contributed by atoms with Gasteiger partial charge in [0, 0.05) is 25.3 Å². The topological polar surface area (TPSA) is 34.0 Å². The molecule has 102 valence electrons. The molecule has 1 fully saturated rings. The Morgan fingerprint density at radius 1 is 1.42 bits per heavy atom. The van der Waals surface area contributed by atoms with Gasteiger partial charge in [-0.15, -0.1) is 0 Å². The van der Waals surface area contributed by atoms with Crippen LogP contribution in [0.5, 0.6) is 0 Å². The second-order valence-corrected chi connectivity index (χ2v) is 5.86. The smallest absolute Gasteiger partial charge is 0.159 e. The van der Waals surface area contributed by atoms with Crippen LogP contribution in [0.4, 0.5) is 0 Å². The van der Waals surface area contributed by atoms with E-state index in [-0.39, 0.29) is 0 Å². The number of fused-ring (bicyclic) bond motifs is 1. The summed E-state index contributed by atoms with van der Waals surface area (Å²) in [5, 5.41) is 0. The standard InChI is InChI=1S/C15H22N4/c1-11(2)18-8-6-13(9-18)10-19-12(3)17-14-5-4-7-16-15(14)19/h4-5,7,11,13H,6,8-10H2,1-3H3. The molecule has 19 heavy (non-hydrogen) atoms. The number of aromatic nitrogens is 3. The summed E-state index contributed by atoms with van der Waals surface area (Å²) in [6.45, 7) is 10.1. The van der Waals surface area contributed by atoms with Gasteiger partial charge in [-0.1, -0.05) is 0 Å². The minimum absolute atomic E-state index is 0.656. The first-order valence-corrected chi connectivity index (χ1v) is 7.17. The number of rotatable bonds is 3. The van der Waals surface area contributed by atoms with Crippen LogP contribution in [-0.2, 0) is 6.54 Å². The summed E-state index contributed by atoms with van der Waals surface area (Å²) in [7, 11) is 0. The molecule has 0 aromatic carbocycles. The van der Waals surface area contributed by atoms with Crippen LogP contribution in [0.25, 0.3) is 11.2 Å². The highest BCUT2D eigenvalue weighted by atomic mass is 15.2. The van der Waals surface area contributed by atoms with Gasteiger partial charge in [-0.3, -0.25) is 0 Å². The number of imidazole rings is 1. The van der Waals surface area contributed by atoms with Crippen molar-refractivity contribution in [2.75, 3.05) is 13.1 Å². The van der Waals surface area contributed by atoms with Gasteiger partial charge >= 0.3 is 0 Å². The molecule has 0 amide bonds. The maximum absolute atomic E-state index is 4.60. The summed E-state index contributed by atoms with van der Waals surface area (Å²) in [6, 6.07) is 4.65. The summed E-state index contributed by atoms with van der Waals surface area (Å²) in [6.07, 6.45) is 3.14. The lowest BCUT2D eigenvalue weighted by Crippen LogP contribution is -2.28. The average Bonchev–Trinajstić information content (AvgIpc) is 2.96. The fourth-order valence-electron chi connectivity index (χ4n) is 3.03. The predicted octanol–water partition coefficient (Wildman–Crippen LogP) is 2.47. The molecule has 1 saturated heterocycles. The minimum Gasteiger partial charge on any atom is -0.313 e. The lowest BCUT2D eigenvalue weighted by molar-refractivity contribution is 0.261. The number of pyridine rings is 1. The van der Waals surface area contributed by atoms with E-state index in [1.54, 1.807) is 0 Å². The molecule has 1 atom stereocenters. The first-order valence-electron chi connectivity index (χ1n) is 7.17. The first-order chi connectivity index (χ1) is 9.15. The molecular formula is C15H22N4. The van der Waals surface area contributed by atoms with E-state index < -0.39 is 0 Å². The molecule has 2 aromatic rings. The molecule has 3 heterocycles. The van der Waals surface area contributed by atoms with Gasteiger partial charge in [-0.05, 0) is 51.8 Å². The monoisotopic (exact) mass is 258 g/mol.